The average Bonchev–Trinajstić information content (AvgIpc) is 2.55. The SMILES string of the molecule is CC(c1ccc(Cl)cc1)N(C)C(=O)CS(=O)c1ccccc1. The molecule has 2 aromatic rings. The van der Waals surface area contributed by atoms with Crippen LogP contribution in [0.3, 0.4) is 0 Å². The minimum atomic E-state index is -1.32. The first kappa shape index (κ1) is 16.7. The van der Waals surface area contributed by atoms with Gasteiger partial charge in [-0.25, -0.2) is 0 Å². The summed E-state index contributed by atoms with van der Waals surface area (Å²) in [7, 11) is 0.403. The van der Waals surface area contributed by atoms with Crippen LogP contribution >= 0.6 is 11.6 Å². The van der Waals surface area contributed by atoms with Crippen molar-refractivity contribution in [3.05, 3.63) is 65.2 Å². The van der Waals surface area contributed by atoms with E-state index in [0.29, 0.717) is 9.92 Å². The summed E-state index contributed by atoms with van der Waals surface area (Å²) in [5.41, 5.74) is 0.991. The van der Waals surface area contributed by atoms with E-state index in [9.17, 15) is 9.00 Å². The molecule has 22 heavy (non-hydrogen) atoms. The van der Waals surface area contributed by atoms with E-state index in [2.05, 4.69) is 0 Å². The van der Waals surface area contributed by atoms with Crippen LogP contribution in [-0.4, -0.2) is 27.8 Å². The second kappa shape index (κ2) is 7.56. The molecular formula is C17H18ClNO2S. The number of carbonyl (C=O) groups excluding carboxylic acids is 1. The molecule has 0 N–H and O–H groups in total. The maximum absolute atomic E-state index is 12.3. The van der Waals surface area contributed by atoms with Gasteiger partial charge in [-0.2, -0.15) is 0 Å². The van der Waals surface area contributed by atoms with Crippen molar-refractivity contribution in [3.63, 3.8) is 0 Å². The zero-order valence-corrected chi connectivity index (χ0v) is 14.1. The van der Waals surface area contributed by atoms with Crippen molar-refractivity contribution in [2.45, 2.75) is 17.9 Å². The minimum Gasteiger partial charge on any atom is -0.338 e. The smallest absolute Gasteiger partial charge is 0.235 e. The van der Waals surface area contributed by atoms with Gasteiger partial charge >= 0.3 is 0 Å². The second-order valence-electron chi connectivity index (χ2n) is 5.04. The Hall–Kier alpha value is -1.65. The van der Waals surface area contributed by atoms with E-state index < -0.39 is 10.8 Å². The Morgan fingerprint density at radius 3 is 2.32 bits per heavy atom. The Bertz CT molecular complexity index is 658. The molecule has 0 spiro atoms. The number of hydrogen-bond donors (Lipinski definition) is 0. The van der Waals surface area contributed by atoms with Gasteiger partial charge in [-0.1, -0.05) is 41.9 Å². The van der Waals surface area contributed by atoms with Gasteiger partial charge in [-0.15, -0.1) is 0 Å². The summed E-state index contributed by atoms with van der Waals surface area (Å²) >= 11 is 5.87. The molecule has 3 nitrogen and oxygen atoms in total. The van der Waals surface area contributed by atoms with Crippen LogP contribution in [0.2, 0.25) is 5.02 Å². The summed E-state index contributed by atoms with van der Waals surface area (Å²) in [6, 6.07) is 16.3. The highest BCUT2D eigenvalue weighted by molar-refractivity contribution is 7.85. The summed E-state index contributed by atoms with van der Waals surface area (Å²) in [5.74, 6) is -0.164. The fourth-order valence-corrected chi connectivity index (χ4v) is 3.23. The van der Waals surface area contributed by atoms with E-state index >= 15 is 0 Å². The Labute approximate surface area is 138 Å². The third-order valence-electron chi connectivity index (χ3n) is 3.59. The quantitative estimate of drug-likeness (QED) is 0.836. The standard InChI is InChI=1S/C17H18ClNO2S/c1-13(14-8-10-15(18)11-9-14)19(2)17(20)12-22(21)16-6-4-3-5-7-16/h3-11,13H,12H2,1-2H3. The van der Waals surface area contributed by atoms with Crippen LogP contribution < -0.4 is 0 Å². The predicted molar refractivity (Wildman–Crippen MR) is 90.4 cm³/mol. The van der Waals surface area contributed by atoms with Gasteiger partial charge in [0.1, 0.15) is 5.75 Å². The molecule has 2 aromatic carbocycles. The monoisotopic (exact) mass is 335 g/mol. The number of carbonyl (C=O) groups is 1. The highest BCUT2D eigenvalue weighted by Gasteiger charge is 2.19. The van der Waals surface area contributed by atoms with E-state index in [4.69, 9.17) is 11.6 Å². The third-order valence-corrected chi connectivity index (χ3v) is 5.15. The largest absolute Gasteiger partial charge is 0.338 e. The Kier molecular flexibility index (Phi) is 5.75. The molecule has 1 amide bonds. The molecule has 0 radical (unpaired) electrons. The van der Waals surface area contributed by atoms with E-state index in [0.717, 1.165) is 5.56 Å². The summed E-state index contributed by atoms with van der Waals surface area (Å²) < 4.78 is 12.2. The van der Waals surface area contributed by atoms with E-state index in [1.165, 1.54) is 0 Å². The number of benzene rings is 2. The van der Waals surface area contributed by atoms with Gasteiger partial charge in [-0.3, -0.25) is 9.00 Å². The fraction of sp³-hybridized carbons (Fsp3) is 0.235. The lowest BCUT2D eigenvalue weighted by Crippen LogP contribution is -2.33. The second-order valence-corrected chi connectivity index (χ2v) is 6.92. The average molecular weight is 336 g/mol. The molecule has 0 aliphatic rings. The third kappa shape index (κ3) is 4.18. The van der Waals surface area contributed by atoms with E-state index in [1.807, 2.05) is 37.3 Å². The molecule has 0 saturated heterocycles. The van der Waals surface area contributed by atoms with Crippen molar-refractivity contribution >= 4 is 28.3 Å². The summed E-state index contributed by atoms with van der Waals surface area (Å²) in [4.78, 5) is 14.6. The van der Waals surface area contributed by atoms with Gasteiger partial charge in [0, 0.05) is 17.0 Å². The molecule has 0 aliphatic carbocycles. The van der Waals surface area contributed by atoms with Gasteiger partial charge < -0.3 is 4.90 Å². The Morgan fingerprint density at radius 2 is 1.73 bits per heavy atom. The predicted octanol–water partition coefficient (Wildman–Crippen LogP) is 3.67. The summed E-state index contributed by atoms with van der Waals surface area (Å²) in [6.45, 7) is 1.94. The van der Waals surface area contributed by atoms with Crippen LogP contribution in [0.1, 0.15) is 18.5 Å². The summed E-state index contributed by atoms with van der Waals surface area (Å²) in [5, 5.41) is 0.662. The molecule has 2 unspecified atom stereocenters. The molecule has 2 atom stereocenters. The zero-order chi connectivity index (χ0) is 16.1. The van der Waals surface area contributed by atoms with Crippen LogP contribution in [-0.2, 0) is 15.6 Å². The minimum absolute atomic E-state index is 0.0154. The Balaban J connectivity index is 2.02. The van der Waals surface area contributed by atoms with Crippen molar-refractivity contribution in [1.29, 1.82) is 0 Å². The number of nitrogens with zero attached hydrogens (tertiary/aromatic N) is 1. The van der Waals surface area contributed by atoms with Crippen LogP contribution in [0.4, 0.5) is 0 Å². The highest BCUT2D eigenvalue weighted by Crippen LogP contribution is 2.21. The lowest BCUT2D eigenvalue weighted by atomic mass is 10.1. The first-order chi connectivity index (χ1) is 10.5. The van der Waals surface area contributed by atoms with Crippen molar-refractivity contribution in [2.24, 2.45) is 0 Å². The summed E-state index contributed by atoms with van der Waals surface area (Å²) in [6.07, 6.45) is 0. The number of rotatable bonds is 5. The van der Waals surface area contributed by atoms with Crippen molar-refractivity contribution in [1.82, 2.24) is 4.90 Å². The van der Waals surface area contributed by atoms with E-state index in [-0.39, 0.29) is 17.7 Å². The van der Waals surface area contributed by atoms with Crippen molar-refractivity contribution in [3.8, 4) is 0 Å². The molecule has 0 aliphatic heterocycles. The molecule has 0 bridgehead atoms. The molecular weight excluding hydrogens is 318 g/mol. The maximum atomic E-state index is 12.3. The number of amides is 1. The molecule has 0 aromatic heterocycles. The van der Waals surface area contributed by atoms with Gasteiger partial charge in [-0.05, 0) is 36.8 Å². The molecule has 0 fully saturated rings. The normalized spacial score (nSPS) is 13.4. The first-order valence-electron chi connectivity index (χ1n) is 6.93. The topological polar surface area (TPSA) is 37.4 Å². The van der Waals surface area contributed by atoms with Gasteiger partial charge in [0.15, 0.2) is 0 Å². The highest BCUT2D eigenvalue weighted by atomic mass is 35.5. The van der Waals surface area contributed by atoms with Crippen LogP contribution in [0, 0.1) is 0 Å². The van der Waals surface area contributed by atoms with Crippen LogP contribution in [0.5, 0.6) is 0 Å². The van der Waals surface area contributed by atoms with Crippen molar-refractivity contribution in [2.75, 3.05) is 12.8 Å². The van der Waals surface area contributed by atoms with Gasteiger partial charge in [0.2, 0.25) is 5.91 Å². The first-order valence-corrected chi connectivity index (χ1v) is 8.63. The molecule has 0 saturated carbocycles. The van der Waals surface area contributed by atoms with Crippen LogP contribution in [0.15, 0.2) is 59.5 Å². The van der Waals surface area contributed by atoms with Crippen molar-refractivity contribution < 1.29 is 9.00 Å². The van der Waals surface area contributed by atoms with Crippen LogP contribution in [0.25, 0.3) is 0 Å². The van der Waals surface area contributed by atoms with E-state index in [1.54, 1.807) is 36.2 Å². The van der Waals surface area contributed by atoms with Gasteiger partial charge in [0.05, 0.1) is 16.8 Å². The van der Waals surface area contributed by atoms with Gasteiger partial charge in [0.25, 0.3) is 0 Å². The fourth-order valence-electron chi connectivity index (χ4n) is 2.05. The molecule has 2 rings (SSSR count). The molecule has 5 heteroatoms. The lowest BCUT2D eigenvalue weighted by molar-refractivity contribution is -0.129. The number of hydrogen-bond acceptors (Lipinski definition) is 2. The zero-order valence-electron chi connectivity index (χ0n) is 12.5. The Morgan fingerprint density at radius 1 is 1.14 bits per heavy atom. The lowest BCUT2D eigenvalue weighted by Gasteiger charge is -2.25. The maximum Gasteiger partial charge on any atom is 0.235 e. The molecule has 116 valence electrons. The number of halogens is 1. The molecule has 0 heterocycles.